The zero-order valence-electron chi connectivity index (χ0n) is 15.4. The van der Waals surface area contributed by atoms with Gasteiger partial charge in [-0.1, -0.05) is 0 Å². The maximum Gasteiger partial charge on any atom is 0.410 e. The number of nitrogens with one attached hydrogen (secondary N) is 1. The van der Waals surface area contributed by atoms with Gasteiger partial charge in [-0.05, 0) is 41.5 Å². The van der Waals surface area contributed by atoms with E-state index in [4.69, 9.17) is 4.74 Å². The average molecular weight is 368 g/mol. The van der Waals surface area contributed by atoms with Gasteiger partial charge in [0, 0.05) is 37.3 Å². The molecule has 1 rings (SSSR count). The number of rotatable bonds is 4. The highest BCUT2D eigenvalue weighted by molar-refractivity contribution is 7.90. The number of piperidine rings is 1. The number of hydrogen-bond acceptors (Lipinski definition) is 4. The van der Waals surface area contributed by atoms with Gasteiger partial charge in [-0.25, -0.2) is 13.6 Å². The number of carbonyl (C=O) groups is 1. The Labute approximate surface area is 146 Å². The molecule has 0 saturated carbocycles. The van der Waals surface area contributed by atoms with E-state index < -0.39 is 46.2 Å². The molecule has 0 bridgehead atoms. The Kier molecular flexibility index (Phi) is 6.92. The maximum absolute atomic E-state index is 15.1. The van der Waals surface area contributed by atoms with Crippen molar-refractivity contribution in [1.29, 1.82) is 0 Å². The Morgan fingerprint density at radius 1 is 1.29 bits per heavy atom. The molecule has 1 aliphatic rings. The van der Waals surface area contributed by atoms with Crippen LogP contribution in [0.4, 0.5) is 13.6 Å². The quantitative estimate of drug-likeness (QED) is 0.775. The molecule has 1 heterocycles. The Balaban J connectivity index is 2.66. The average Bonchev–Trinajstić information content (AvgIpc) is 2.41. The molecule has 0 aromatic carbocycles. The third-order valence-electron chi connectivity index (χ3n) is 3.83. The summed E-state index contributed by atoms with van der Waals surface area (Å²) in [7, 11) is 0. The van der Waals surface area contributed by atoms with E-state index in [-0.39, 0.29) is 25.9 Å². The van der Waals surface area contributed by atoms with Gasteiger partial charge < -0.3 is 14.2 Å². The predicted octanol–water partition coefficient (Wildman–Crippen LogP) is 3.12. The van der Waals surface area contributed by atoms with Gasteiger partial charge in [0.25, 0.3) is 0 Å². The molecular formula is C16H30F2N2O3S. The first-order valence-electron chi connectivity index (χ1n) is 8.19. The van der Waals surface area contributed by atoms with Gasteiger partial charge in [0.2, 0.25) is 0 Å². The van der Waals surface area contributed by atoms with Crippen LogP contribution in [-0.2, 0) is 16.1 Å². The van der Waals surface area contributed by atoms with Crippen molar-refractivity contribution in [2.45, 2.75) is 76.4 Å². The smallest absolute Gasteiger partial charge is 0.410 e. The van der Waals surface area contributed by atoms with Crippen LogP contribution in [0.25, 0.3) is 0 Å². The normalized spacial score (nSPS) is 21.3. The SMILES string of the molecule is CC(C)(C)OC(=O)N1CCC(F)([C@H](CF)N[S@@+]([O-])C(C)(C)C)CC1. The van der Waals surface area contributed by atoms with Crippen LogP contribution in [-0.4, -0.2) is 57.4 Å². The number of amides is 1. The van der Waals surface area contributed by atoms with Gasteiger partial charge in [-0.15, -0.1) is 4.72 Å². The van der Waals surface area contributed by atoms with E-state index in [2.05, 4.69) is 4.72 Å². The molecule has 24 heavy (non-hydrogen) atoms. The molecule has 0 aromatic heterocycles. The zero-order valence-corrected chi connectivity index (χ0v) is 16.3. The lowest BCUT2D eigenvalue weighted by atomic mass is 9.87. The Bertz CT molecular complexity index is 430. The van der Waals surface area contributed by atoms with Gasteiger partial charge in [0.1, 0.15) is 28.7 Å². The van der Waals surface area contributed by atoms with Crippen LogP contribution in [0.3, 0.4) is 0 Å². The van der Waals surface area contributed by atoms with E-state index in [0.717, 1.165) is 0 Å². The lowest BCUT2D eigenvalue weighted by Gasteiger charge is -2.41. The molecule has 0 aromatic rings. The summed E-state index contributed by atoms with van der Waals surface area (Å²) in [6, 6.07) is -1.15. The molecule has 1 saturated heterocycles. The van der Waals surface area contributed by atoms with Crippen molar-refractivity contribution < 1.29 is 22.9 Å². The van der Waals surface area contributed by atoms with Crippen molar-refractivity contribution in [1.82, 2.24) is 9.62 Å². The number of carbonyl (C=O) groups excluding carboxylic acids is 1. The van der Waals surface area contributed by atoms with Crippen LogP contribution in [0.2, 0.25) is 0 Å². The molecule has 0 unspecified atom stereocenters. The molecule has 5 nitrogen and oxygen atoms in total. The fourth-order valence-corrected chi connectivity index (χ4v) is 3.20. The summed E-state index contributed by atoms with van der Waals surface area (Å²) in [6.07, 6.45) is -0.530. The molecule has 1 N–H and O–H groups in total. The topological polar surface area (TPSA) is 64.6 Å². The largest absolute Gasteiger partial charge is 0.598 e. The van der Waals surface area contributed by atoms with Crippen LogP contribution in [0.5, 0.6) is 0 Å². The van der Waals surface area contributed by atoms with Crippen LogP contribution >= 0.6 is 0 Å². The van der Waals surface area contributed by atoms with Crippen LogP contribution in [0.1, 0.15) is 54.4 Å². The van der Waals surface area contributed by atoms with Crippen molar-refractivity contribution >= 4 is 17.5 Å². The van der Waals surface area contributed by atoms with Crippen molar-refractivity contribution in [3.8, 4) is 0 Å². The lowest BCUT2D eigenvalue weighted by Crippen LogP contribution is -2.59. The third kappa shape index (κ3) is 6.04. The fourth-order valence-electron chi connectivity index (χ4n) is 2.32. The number of likely N-dealkylation sites (tertiary alicyclic amines) is 1. The minimum atomic E-state index is -1.84. The Morgan fingerprint density at radius 2 is 1.79 bits per heavy atom. The van der Waals surface area contributed by atoms with Gasteiger partial charge in [0.15, 0.2) is 0 Å². The molecule has 8 heteroatoms. The number of halogens is 2. The summed E-state index contributed by atoms with van der Waals surface area (Å²) in [6.45, 7) is 9.84. The van der Waals surface area contributed by atoms with Crippen LogP contribution in [0, 0.1) is 0 Å². The van der Waals surface area contributed by atoms with Crippen molar-refractivity contribution in [2.75, 3.05) is 19.8 Å². The molecule has 0 radical (unpaired) electrons. The van der Waals surface area contributed by atoms with E-state index >= 15 is 4.39 Å². The minimum Gasteiger partial charge on any atom is -0.598 e. The van der Waals surface area contributed by atoms with Gasteiger partial charge in [-0.2, -0.15) is 0 Å². The highest BCUT2D eigenvalue weighted by Crippen LogP contribution is 2.32. The van der Waals surface area contributed by atoms with Crippen LogP contribution < -0.4 is 4.72 Å². The number of hydrogen-bond donors (Lipinski definition) is 1. The standard InChI is InChI=1S/C16H30F2N2O3S/c1-14(2,3)23-13(21)20-9-7-16(18,8-10-20)12(11-17)19-24(22)15(4,5)6/h12,19H,7-11H2,1-6H3/t12-,24-/m0/s1. The zero-order chi connectivity index (χ0) is 18.8. The number of ether oxygens (including phenoxy) is 1. The highest BCUT2D eigenvalue weighted by Gasteiger charge is 2.46. The van der Waals surface area contributed by atoms with Gasteiger partial charge in [-0.3, -0.25) is 0 Å². The molecule has 0 aliphatic carbocycles. The van der Waals surface area contributed by atoms with E-state index in [0.29, 0.717) is 0 Å². The summed E-state index contributed by atoms with van der Waals surface area (Å²) in [5.74, 6) is 0. The second-order valence-corrected chi connectivity index (χ2v) is 10.2. The molecular weight excluding hydrogens is 338 g/mol. The molecule has 1 aliphatic heterocycles. The van der Waals surface area contributed by atoms with Gasteiger partial charge in [0.05, 0.1) is 0 Å². The first kappa shape index (κ1) is 21.4. The third-order valence-corrected chi connectivity index (χ3v) is 5.44. The van der Waals surface area contributed by atoms with E-state index in [9.17, 15) is 13.7 Å². The predicted molar refractivity (Wildman–Crippen MR) is 91.7 cm³/mol. The summed E-state index contributed by atoms with van der Waals surface area (Å²) in [5.41, 5.74) is -2.46. The molecule has 1 fully saturated rings. The molecule has 142 valence electrons. The summed E-state index contributed by atoms with van der Waals surface area (Å²) >= 11 is -1.56. The van der Waals surface area contributed by atoms with E-state index in [1.807, 2.05) is 0 Å². The molecule has 2 atom stereocenters. The van der Waals surface area contributed by atoms with Crippen molar-refractivity contribution in [3.63, 3.8) is 0 Å². The number of nitrogens with zero attached hydrogens (tertiary/aromatic N) is 1. The Hall–Kier alpha value is -0.600. The summed E-state index contributed by atoms with van der Waals surface area (Å²) in [4.78, 5) is 13.4. The summed E-state index contributed by atoms with van der Waals surface area (Å²) in [5, 5.41) is 0. The minimum absolute atomic E-state index is 0.0187. The molecule has 1 amide bonds. The van der Waals surface area contributed by atoms with Crippen molar-refractivity contribution in [3.05, 3.63) is 0 Å². The van der Waals surface area contributed by atoms with Crippen LogP contribution in [0.15, 0.2) is 0 Å². The van der Waals surface area contributed by atoms with Gasteiger partial charge >= 0.3 is 6.09 Å². The second-order valence-electron chi connectivity index (χ2n) is 8.21. The Morgan fingerprint density at radius 3 is 2.17 bits per heavy atom. The number of alkyl halides is 2. The highest BCUT2D eigenvalue weighted by atomic mass is 32.2. The maximum atomic E-state index is 15.1. The second kappa shape index (κ2) is 7.74. The lowest BCUT2D eigenvalue weighted by molar-refractivity contribution is -0.00701. The summed E-state index contributed by atoms with van der Waals surface area (Å²) < 4.78 is 47.9. The first-order valence-corrected chi connectivity index (χ1v) is 9.34. The fraction of sp³-hybridized carbons (Fsp3) is 0.938. The van der Waals surface area contributed by atoms with Crippen molar-refractivity contribution in [2.24, 2.45) is 0 Å². The monoisotopic (exact) mass is 368 g/mol. The first-order chi connectivity index (χ1) is 10.8. The van der Waals surface area contributed by atoms with E-state index in [1.54, 1.807) is 41.5 Å². The van der Waals surface area contributed by atoms with E-state index in [1.165, 1.54) is 4.90 Å². The molecule has 0 spiro atoms.